The lowest BCUT2D eigenvalue weighted by Crippen LogP contribution is -2.29. The number of hydrogen-bond acceptors (Lipinski definition) is 4. The molecule has 0 spiro atoms. The molecule has 0 aliphatic rings. The van der Waals surface area contributed by atoms with Crippen molar-refractivity contribution in [2.45, 2.75) is 4.90 Å². The van der Waals surface area contributed by atoms with Gasteiger partial charge in [-0.2, -0.15) is 5.26 Å². The van der Waals surface area contributed by atoms with Crippen molar-refractivity contribution in [2.75, 3.05) is 10.6 Å². The van der Waals surface area contributed by atoms with E-state index in [1.165, 1.54) is 6.07 Å². The van der Waals surface area contributed by atoms with Crippen LogP contribution in [0.2, 0.25) is 10.0 Å². The number of amides is 2. The molecule has 5 nitrogen and oxygen atoms in total. The maximum absolute atomic E-state index is 11.9. The number of carbonyl (C=O) groups excluding carboxylic acids is 2. The molecule has 0 radical (unpaired) electrons. The van der Waals surface area contributed by atoms with Gasteiger partial charge in [-0.05, 0) is 48.2 Å². The van der Waals surface area contributed by atoms with Crippen LogP contribution in [0, 0.1) is 10.7 Å². The van der Waals surface area contributed by atoms with Crippen LogP contribution in [0.4, 0.5) is 11.4 Å². The number of hydrogen-bond donors (Lipinski definition) is 2. The van der Waals surface area contributed by atoms with Gasteiger partial charge in [0.1, 0.15) is 5.40 Å². The van der Waals surface area contributed by atoms with E-state index in [0.717, 1.165) is 16.7 Å². The zero-order valence-corrected chi connectivity index (χ0v) is 13.8. The number of nitrogens with one attached hydrogen (secondary N) is 2. The summed E-state index contributed by atoms with van der Waals surface area (Å²) in [6.07, 6.45) is 0. The van der Waals surface area contributed by atoms with Crippen LogP contribution >= 0.6 is 35.0 Å². The molecule has 2 aromatic carbocycles. The topological polar surface area (TPSA) is 82.0 Å². The molecule has 0 fully saturated rings. The number of halogens is 2. The minimum Gasteiger partial charge on any atom is -0.318 e. The quantitative estimate of drug-likeness (QED) is 0.486. The first-order chi connectivity index (χ1) is 11.0. The first-order valence-electron chi connectivity index (χ1n) is 6.23. The Kier molecular flexibility index (Phi) is 5.88. The minimum absolute atomic E-state index is 0.160. The standard InChI is InChI=1S/C15H9Cl2N3O2S/c16-11-2-1-3-12(13(11)17)20-15(22)14(21)19-9-4-6-10(7-5-9)23-8-18/h1-7H,(H,19,21)(H,20,22). The van der Waals surface area contributed by atoms with E-state index in [1.807, 2.05) is 5.40 Å². The van der Waals surface area contributed by atoms with Crippen molar-refractivity contribution < 1.29 is 9.59 Å². The molecule has 23 heavy (non-hydrogen) atoms. The molecule has 8 heteroatoms. The van der Waals surface area contributed by atoms with Crippen molar-refractivity contribution in [2.24, 2.45) is 0 Å². The minimum atomic E-state index is -0.871. The van der Waals surface area contributed by atoms with Crippen molar-refractivity contribution in [3.05, 3.63) is 52.5 Å². The second kappa shape index (κ2) is 7.88. The summed E-state index contributed by atoms with van der Waals surface area (Å²) in [5.74, 6) is -1.72. The van der Waals surface area contributed by atoms with Gasteiger partial charge in [0.25, 0.3) is 0 Å². The van der Waals surface area contributed by atoms with E-state index in [-0.39, 0.29) is 15.7 Å². The summed E-state index contributed by atoms with van der Waals surface area (Å²) in [6.45, 7) is 0. The van der Waals surface area contributed by atoms with Crippen LogP contribution in [0.25, 0.3) is 0 Å². The maximum atomic E-state index is 11.9. The monoisotopic (exact) mass is 365 g/mol. The second-order valence-corrected chi connectivity index (χ2v) is 5.87. The molecule has 0 bridgehead atoms. The summed E-state index contributed by atoms with van der Waals surface area (Å²) >= 11 is 12.8. The first kappa shape index (κ1) is 17.2. The van der Waals surface area contributed by atoms with Crippen LogP contribution in [0.1, 0.15) is 0 Å². The number of thiocyanates is 1. The number of carbonyl (C=O) groups is 2. The summed E-state index contributed by atoms with van der Waals surface area (Å²) in [5.41, 5.74) is 0.685. The van der Waals surface area contributed by atoms with Gasteiger partial charge in [0.15, 0.2) is 0 Å². The van der Waals surface area contributed by atoms with Gasteiger partial charge < -0.3 is 10.6 Å². The van der Waals surface area contributed by atoms with Gasteiger partial charge in [-0.3, -0.25) is 9.59 Å². The molecular weight excluding hydrogens is 357 g/mol. The molecule has 0 aromatic heterocycles. The lowest BCUT2D eigenvalue weighted by Gasteiger charge is -2.08. The Morgan fingerprint density at radius 2 is 1.65 bits per heavy atom. The van der Waals surface area contributed by atoms with Gasteiger partial charge in [-0.15, -0.1) is 0 Å². The Morgan fingerprint density at radius 1 is 1.00 bits per heavy atom. The van der Waals surface area contributed by atoms with Crippen molar-refractivity contribution in [1.29, 1.82) is 5.26 Å². The molecule has 0 unspecified atom stereocenters. The molecule has 0 heterocycles. The van der Waals surface area contributed by atoms with Crippen LogP contribution < -0.4 is 10.6 Å². The highest BCUT2D eigenvalue weighted by atomic mass is 35.5. The molecule has 0 atom stereocenters. The van der Waals surface area contributed by atoms with E-state index < -0.39 is 11.8 Å². The van der Waals surface area contributed by atoms with E-state index >= 15 is 0 Å². The predicted molar refractivity (Wildman–Crippen MR) is 91.6 cm³/mol. The highest BCUT2D eigenvalue weighted by Gasteiger charge is 2.16. The average Bonchev–Trinajstić information content (AvgIpc) is 2.54. The number of rotatable bonds is 3. The third kappa shape index (κ3) is 4.63. The summed E-state index contributed by atoms with van der Waals surface area (Å²) in [7, 11) is 0. The van der Waals surface area contributed by atoms with E-state index in [1.54, 1.807) is 36.4 Å². The van der Waals surface area contributed by atoms with Crippen LogP contribution in [-0.2, 0) is 9.59 Å². The molecule has 116 valence electrons. The Hall–Kier alpha value is -2.20. The fourth-order valence-electron chi connectivity index (χ4n) is 1.63. The Bertz CT molecular complexity index is 788. The average molecular weight is 366 g/mol. The third-order valence-corrected chi connectivity index (χ3v) is 4.10. The molecule has 0 saturated carbocycles. The normalized spacial score (nSPS) is 9.78. The maximum Gasteiger partial charge on any atom is 0.314 e. The van der Waals surface area contributed by atoms with Gasteiger partial charge >= 0.3 is 11.8 Å². The lowest BCUT2D eigenvalue weighted by molar-refractivity contribution is -0.132. The van der Waals surface area contributed by atoms with Crippen LogP contribution in [0.3, 0.4) is 0 Å². The summed E-state index contributed by atoms with van der Waals surface area (Å²) in [4.78, 5) is 24.5. The lowest BCUT2D eigenvalue weighted by atomic mass is 10.3. The van der Waals surface area contributed by atoms with E-state index in [4.69, 9.17) is 28.5 Å². The van der Waals surface area contributed by atoms with Gasteiger partial charge in [0.05, 0.1) is 15.7 Å². The molecule has 0 aliphatic carbocycles. The van der Waals surface area contributed by atoms with Gasteiger partial charge in [0, 0.05) is 10.6 Å². The fourth-order valence-corrected chi connectivity index (χ4v) is 2.35. The molecule has 2 N–H and O–H groups in total. The van der Waals surface area contributed by atoms with Crippen LogP contribution in [-0.4, -0.2) is 11.8 Å². The van der Waals surface area contributed by atoms with E-state index in [9.17, 15) is 9.59 Å². The molecule has 0 saturated heterocycles. The summed E-state index contributed by atoms with van der Waals surface area (Å²) < 4.78 is 0. The largest absolute Gasteiger partial charge is 0.318 e. The zero-order chi connectivity index (χ0) is 16.8. The second-order valence-electron chi connectivity index (χ2n) is 4.23. The van der Waals surface area contributed by atoms with Crippen molar-refractivity contribution in [3.63, 3.8) is 0 Å². The summed E-state index contributed by atoms with van der Waals surface area (Å²) in [6, 6.07) is 11.2. The van der Waals surface area contributed by atoms with Crippen molar-refractivity contribution in [1.82, 2.24) is 0 Å². The predicted octanol–water partition coefficient (Wildman–Crippen LogP) is 4.14. The van der Waals surface area contributed by atoms with Gasteiger partial charge in [0.2, 0.25) is 0 Å². The molecule has 0 aliphatic heterocycles. The third-order valence-electron chi connectivity index (χ3n) is 2.68. The van der Waals surface area contributed by atoms with Crippen LogP contribution in [0.5, 0.6) is 0 Å². The highest BCUT2D eigenvalue weighted by Crippen LogP contribution is 2.29. The van der Waals surface area contributed by atoms with Gasteiger partial charge in [-0.1, -0.05) is 29.3 Å². The highest BCUT2D eigenvalue weighted by molar-refractivity contribution is 8.03. The SMILES string of the molecule is N#CSc1ccc(NC(=O)C(=O)Nc2cccc(Cl)c2Cl)cc1. The van der Waals surface area contributed by atoms with Crippen molar-refractivity contribution in [3.8, 4) is 5.40 Å². The van der Waals surface area contributed by atoms with E-state index in [0.29, 0.717) is 5.69 Å². The molecular formula is C15H9Cl2N3O2S. The first-order valence-corrected chi connectivity index (χ1v) is 7.81. The zero-order valence-electron chi connectivity index (χ0n) is 11.5. The number of thioether (sulfide) groups is 1. The number of anilines is 2. The van der Waals surface area contributed by atoms with Gasteiger partial charge in [-0.25, -0.2) is 0 Å². The Labute approximate surface area is 146 Å². The summed E-state index contributed by atoms with van der Waals surface area (Å²) in [5, 5.41) is 15.8. The van der Waals surface area contributed by atoms with Crippen molar-refractivity contribution >= 4 is 58.2 Å². The molecule has 2 rings (SSSR count). The van der Waals surface area contributed by atoms with E-state index in [2.05, 4.69) is 10.6 Å². The molecule has 2 amide bonds. The number of nitrogens with zero attached hydrogens (tertiary/aromatic N) is 1. The molecule has 2 aromatic rings. The Balaban J connectivity index is 2.01. The Morgan fingerprint density at radius 3 is 2.30 bits per heavy atom. The number of benzene rings is 2. The number of nitriles is 1. The fraction of sp³-hybridized carbons (Fsp3) is 0. The van der Waals surface area contributed by atoms with Crippen LogP contribution in [0.15, 0.2) is 47.4 Å². The smallest absolute Gasteiger partial charge is 0.314 e.